The monoisotopic (exact) mass is 682 g/mol. The number of nitrogens with one attached hydrogen (secondary N) is 1. The fourth-order valence-electron chi connectivity index (χ4n) is 3.58. The van der Waals surface area contributed by atoms with E-state index in [2.05, 4.69) is 36.9 Å². The minimum absolute atomic E-state index is 0.0166. The van der Waals surface area contributed by atoms with Gasteiger partial charge in [-0.2, -0.15) is 4.98 Å². The van der Waals surface area contributed by atoms with Crippen molar-refractivity contribution in [2.24, 2.45) is 5.73 Å². The molecule has 7 atom stereocenters. The molecule has 0 spiro atoms. The summed E-state index contributed by atoms with van der Waals surface area (Å²) < 4.78 is 73.4. The minimum atomic E-state index is -6.38. The number of rotatable bonds is 17. The fourth-order valence-corrected chi connectivity index (χ4v) is 8.35. The molecule has 0 aliphatic carbocycles. The molecule has 240 valence electrons. The molecule has 22 nitrogen and oxygen atoms in total. The molecule has 1 fully saturated rings. The van der Waals surface area contributed by atoms with Crippen LogP contribution in [0.1, 0.15) is 38.3 Å². The van der Waals surface area contributed by atoms with E-state index in [1.807, 2.05) is 0 Å². The highest BCUT2D eigenvalue weighted by Gasteiger charge is 2.37. The summed E-state index contributed by atoms with van der Waals surface area (Å²) >= 11 is 0. The average molecular weight is 682 g/mol. The van der Waals surface area contributed by atoms with Gasteiger partial charge in [0.25, 0.3) is 36.9 Å². The summed E-state index contributed by atoms with van der Waals surface area (Å²) in [7, 11) is -24.2. The van der Waals surface area contributed by atoms with Crippen LogP contribution in [0.5, 0.6) is 0 Å². The van der Waals surface area contributed by atoms with Gasteiger partial charge in [0.05, 0.1) is 25.6 Å². The third kappa shape index (κ3) is 10.3. The van der Waals surface area contributed by atoms with Crippen LogP contribution in [-0.4, -0.2) is 56.6 Å². The van der Waals surface area contributed by atoms with Crippen molar-refractivity contribution >= 4 is 48.4 Å². The summed E-state index contributed by atoms with van der Waals surface area (Å²) in [5.74, 6) is -0.242. The number of aliphatic hydroxyl groups excluding tert-OH is 1. The third-order valence-corrected chi connectivity index (χ3v) is 11.1. The smallest absolute Gasteiger partial charge is 0.280 e. The average Bonchev–Trinajstić information content (AvgIpc) is 3.40. The van der Waals surface area contributed by atoms with Crippen molar-refractivity contribution < 1.29 is 69.7 Å². The Morgan fingerprint density at radius 1 is 1.00 bits per heavy atom. The molecule has 3 rings (SSSR count). The molecule has 0 amide bonds. The molecule has 3 heterocycles. The molecule has 1 saturated heterocycles. The Labute approximate surface area is 236 Å². The van der Waals surface area contributed by atoms with Crippen LogP contribution in [0.4, 0.5) is 5.95 Å². The van der Waals surface area contributed by atoms with Crippen molar-refractivity contribution in [3.63, 3.8) is 0 Å². The predicted molar refractivity (Wildman–Crippen MR) is 130 cm³/mol. The SMILES string of the molecule is NCCCCCCOP(=O)([O-])OP(=O)([O-])OP(=O)([O-])OP(=O)([O-])OC[C@H]1O[C@@H](n2cnc3c(=O)[nH]c(N)nc32)C[C@H]1O. The standard InChI is InChI=1S/C16H30N6O16P4/c17-5-3-1-2-4-6-33-39(25,26)36-41(29,30)38-42(31,32)37-40(27,28)34-8-11-10(23)7-12(35-11)22-9-19-13-14(22)20-16(18)21-15(13)24/h9-12,23H,1-8,17H2,(H,25,26)(H,27,28)(H,29,30)(H,31,32)(H3,18,20,21,24)/p-4/t10-,11-,12-/m1/s1. The first-order valence-corrected chi connectivity index (χ1v) is 17.7. The van der Waals surface area contributed by atoms with Gasteiger partial charge >= 0.3 is 0 Å². The second-order valence-corrected chi connectivity index (χ2v) is 14.6. The summed E-state index contributed by atoms with van der Waals surface area (Å²) in [5, 5.41) is 10.3. The quantitative estimate of drug-likeness (QED) is 0.102. The lowest BCUT2D eigenvalue weighted by molar-refractivity contribution is -0.254. The number of nitrogens with zero attached hydrogens (tertiary/aromatic N) is 3. The molecule has 4 unspecified atom stereocenters. The van der Waals surface area contributed by atoms with Crippen LogP contribution in [-0.2, 0) is 45.0 Å². The molecular formula is C16H26N6O16P4-4. The van der Waals surface area contributed by atoms with Gasteiger partial charge in [-0.3, -0.25) is 32.6 Å². The Hall–Kier alpha value is -1.41. The topological polar surface area (TPSA) is 352 Å². The highest BCUT2D eigenvalue weighted by Crippen LogP contribution is 2.66. The third-order valence-electron chi connectivity index (χ3n) is 5.31. The maximum Gasteiger partial charge on any atom is 0.280 e. The van der Waals surface area contributed by atoms with Gasteiger partial charge in [-0.15, -0.1) is 0 Å². The first-order chi connectivity index (χ1) is 19.4. The Kier molecular flexibility index (Phi) is 11.8. The first-order valence-electron chi connectivity index (χ1n) is 11.9. The van der Waals surface area contributed by atoms with E-state index in [0.717, 1.165) is 6.33 Å². The number of H-pyrrole nitrogens is 1. The highest BCUT2D eigenvalue weighted by molar-refractivity contribution is 7.68. The Morgan fingerprint density at radius 2 is 1.60 bits per heavy atom. The van der Waals surface area contributed by atoms with Gasteiger partial charge in [0.1, 0.15) is 12.3 Å². The van der Waals surface area contributed by atoms with Gasteiger partial charge in [0.15, 0.2) is 11.2 Å². The van der Waals surface area contributed by atoms with Crippen LogP contribution >= 0.6 is 31.3 Å². The number of aliphatic hydroxyl groups is 1. The van der Waals surface area contributed by atoms with Crippen LogP contribution in [0.25, 0.3) is 11.2 Å². The number of nitrogens with two attached hydrogens (primary N) is 2. The Balaban J connectivity index is 1.53. The molecule has 1 aliphatic heterocycles. The number of nitrogen functional groups attached to an aromatic ring is 1. The zero-order valence-electron chi connectivity index (χ0n) is 21.3. The number of aromatic amines is 1. The van der Waals surface area contributed by atoms with Gasteiger partial charge in [-0.1, -0.05) is 12.8 Å². The zero-order chi connectivity index (χ0) is 31.3. The molecule has 0 bridgehead atoms. The van der Waals surface area contributed by atoms with E-state index in [4.69, 9.17) is 16.2 Å². The molecule has 2 aromatic rings. The number of hydrogen-bond acceptors (Lipinski definition) is 20. The zero-order valence-corrected chi connectivity index (χ0v) is 24.9. The number of ether oxygens (including phenoxy) is 1. The van der Waals surface area contributed by atoms with Crippen molar-refractivity contribution in [2.45, 2.75) is 50.5 Å². The van der Waals surface area contributed by atoms with Crippen LogP contribution in [0.2, 0.25) is 0 Å². The largest absolute Gasteiger partial charge is 0.756 e. The molecule has 2 aromatic heterocycles. The van der Waals surface area contributed by atoms with Crippen molar-refractivity contribution in [3.8, 4) is 0 Å². The van der Waals surface area contributed by atoms with E-state index in [1.165, 1.54) is 4.57 Å². The Bertz CT molecular complexity index is 1480. The van der Waals surface area contributed by atoms with Gasteiger partial charge in [-0.05, 0) is 19.4 Å². The van der Waals surface area contributed by atoms with Crippen molar-refractivity contribution in [1.82, 2.24) is 19.5 Å². The summed E-state index contributed by atoms with van der Waals surface area (Å²) in [6, 6.07) is 0. The number of imidazole rings is 1. The van der Waals surface area contributed by atoms with Gasteiger partial charge < -0.3 is 49.9 Å². The number of phosphoric ester groups is 2. The predicted octanol–water partition coefficient (Wildman–Crippen LogP) is -2.17. The molecule has 6 N–H and O–H groups in total. The second-order valence-electron chi connectivity index (χ2n) is 8.57. The number of unbranched alkanes of at least 4 members (excludes halogenated alkanes) is 3. The Morgan fingerprint density at radius 3 is 2.24 bits per heavy atom. The van der Waals surface area contributed by atoms with Gasteiger partial charge in [0.2, 0.25) is 5.95 Å². The molecule has 0 radical (unpaired) electrons. The first kappa shape index (κ1) is 35.1. The minimum Gasteiger partial charge on any atom is -0.756 e. The highest BCUT2D eigenvalue weighted by atomic mass is 31.3. The lowest BCUT2D eigenvalue weighted by Crippen LogP contribution is -2.27. The second kappa shape index (κ2) is 14.1. The van der Waals surface area contributed by atoms with Crippen molar-refractivity contribution in [2.75, 3.05) is 25.5 Å². The molecule has 42 heavy (non-hydrogen) atoms. The van der Waals surface area contributed by atoms with Crippen LogP contribution in [0, 0.1) is 0 Å². The lowest BCUT2D eigenvalue weighted by Gasteiger charge is -2.36. The number of anilines is 1. The van der Waals surface area contributed by atoms with E-state index in [-0.39, 0.29) is 30.0 Å². The molecule has 0 saturated carbocycles. The van der Waals surface area contributed by atoms with E-state index < -0.39 is 68.5 Å². The number of phosphoric acid groups is 4. The van der Waals surface area contributed by atoms with E-state index in [1.54, 1.807) is 0 Å². The molecule has 0 aromatic carbocycles. The van der Waals surface area contributed by atoms with Crippen LogP contribution in [0.15, 0.2) is 11.1 Å². The van der Waals surface area contributed by atoms with Gasteiger partial charge in [-0.25, -0.2) is 17.9 Å². The number of aromatic nitrogens is 4. The van der Waals surface area contributed by atoms with Crippen molar-refractivity contribution in [1.29, 1.82) is 0 Å². The maximum atomic E-state index is 12.0. The summed E-state index contributed by atoms with van der Waals surface area (Å²) in [6.07, 6.45) is -0.942. The molecule has 26 heteroatoms. The van der Waals surface area contributed by atoms with E-state index >= 15 is 0 Å². The number of hydrogen-bond donors (Lipinski definition) is 4. The van der Waals surface area contributed by atoms with Crippen molar-refractivity contribution in [3.05, 3.63) is 16.7 Å². The van der Waals surface area contributed by atoms with Crippen LogP contribution < -0.4 is 36.6 Å². The summed E-state index contributed by atoms with van der Waals surface area (Å²) in [6.45, 7) is -1.13. The lowest BCUT2D eigenvalue weighted by atomic mass is 10.2. The van der Waals surface area contributed by atoms with E-state index in [0.29, 0.717) is 25.8 Å². The van der Waals surface area contributed by atoms with E-state index in [9.17, 15) is 47.7 Å². The summed E-state index contributed by atoms with van der Waals surface area (Å²) in [5.41, 5.74) is 10.0. The maximum absolute atomic E-state index is 12.0. The normalized spacial score (nSPS) is 25.0. The number of fused-ring (bicyclic) bond motifs is 1. The molecule has 1 aliphatic rings. The van der Waals surface area contributed by atoms with Gasteiger partial charge in [0, 0.05) is 6.42 Å². The fraction of sp³-hybridized carbons (Fsp3) is 0.688. The van der Waals surface area contributed by atoms with Crippen LogP contribution in [0.3, 0.4) is 0 Å². The summed E-state index contributed by atoms with van der Waals surface area (Å²) in [4.78, 5) is 69.3. The molecular weight excluding hydrogens is 656 g/mol.